The number of hydrogen-bond donors (Lipinski definition) is 2. The van der Waals surface area contributed by atoms with Crippen LogP contribution in [0.1, 0.15) is 125 Å². The van der Waals surface area contributed by atoms with Gasteiger partial charge in [-0.05, 0) is 123 Å². The van der Waals surface area contributed by atoms with Crippen LogP contribution in [0.3, 0.4) is 0 Å². The van der Waals surface area contributed by atoms with Gasteiger partial charge in [-0.1, -0.05) is 46.3 Å². The smallest absolute Gasteiger partial charge is 0.210 e. The zero-order valence-electron chi connectivity index (χ0n) is 22.6. The summed E-state index contributed by atoms with van der Waals surface area (Å²) in [7, 11) is 0. The zero-order chi connectivity index (χ0) is 24.6. The van der Waals surface area contributed by atoms with Gasteiger partial charge in [0.05, 0.1) is 5.60 Å². The molecule has 0 aromatic rings. The maximum Gasteiger partial charge on any atom is 0.210 e. The van der Waals surface area contributed by atoms with E-state index in [0.717, 1.165) is 69.1 Å². The lowest BCUT2D eigenvalue weighted by molar-refractivity contribution is -0.134. The molecular formula is C31H51FO2. The van der Waals surface area contributed by atoms with Crippen molar-refractivity contribution in [2.45, 2.75) is 136 Å². The molecule has 194 valence electrons. The first-order chi connectivity index (χ1) is 15.8. The Morgan fingerprint density at radius 2 is 1.62 bits per heavy atom. The zero-order valence-corrected chi connectivity index (χ0v) is 22.6. The van der Waals surface area contributed by atoms with Gasteiger partial charge in [-0.15, -0.1) is 0 Å². The van der Waals surface area contributed by atoms with Gasteiger partial charge >= 0.3 is 0 Å². The molecule has 0 heterocycles. The van der Waals surface area contributed by atoms with Gasteiger partial charge in [-0.2, -0.15) is 0 Å². The van der Waals surface area contributed by atoms with Crippen molar-refractivity contribution < 1.29 is 14.6 Å². The topological polar surface area (TPSA) is 40.5 Å². The van der Waals surface area contributed by atoms with Crippen LogP contribution in [0.5, 0.6) is 0 Å². The van der Waals surface area contributed by atoms with E-state index in [4.69, 9.17) is 0 Å². The number of halogens is 1. The van der Waals surface area contributed by atoms with Crippen molar-refractivity contribution in [1.82, 2.24) is 0 Å². The molecule has 5 aliphatic rings. The van der Waals surface area contributed by atoms with E-state index in [1.807, 2.05) is 0 Å². The van der Waals surface area contributed by atoms with Gasteiger partial charge in [0.15, 0.2) is 0 Å². The van der Waals surface area contributed by atoms with Crippen LogP contribution in [-0.4, -0.2) is 21.7 Å². The van der Waals surface area contributed by atoms with Crippen molar-refractivity contribution >= 4 is 0 Å². The van der Waals surface area contributed by atoms with Crippen molar-refractivity contribution in [2.24, 2.45) is 45.8 Å². The highest BCUT2D eigenvalue weighted by molar-refractivity contribution is 5.26. The van der Waals surface area contributed by atoms with Gasteiger partial charge in [-0.3, -0.25) is 0 Å². The van der Waals surface area contributed by atoms with Crippen LogP contribution in [-0.2, 0) is 0 Å². The molecule has 0 spiro atoms. The highest BCUT2D eigenvalue weighted by atomic mass is 19.2. The van der Waals surface area contributed by atoms with E-state index in [1.54, 1.807) is 0 Å². The average Bonchev–Trinajstić information content (AvgIpc) is 3.12. The molecule has 0 bridgehead atoms. The molecule has 3 heteroatoms. The number of alkyl halides is 1. The van der Waals surface area contributed by atoms with Crippen LogP contribution >= 0.6 is 0 Å². The van der Waals surface area contributed by atoms with E-state index >= 15 is 0 Å². The van der Waals surface area contributed by atoms with Crippen molar-refractivity contribution in [3.8, 4) is 0 Å². The fourth-order valence-corrected chi connectivity index (χ4v) is 9.92. The molecule has 0 aromatic carbocycles. The highest BCUT2D eigenvalue weighted by Gasteiger charge is 2.60. The molecule has 2 nitrogen and oxygen atoms in total. The molecular weight excluding hydrogens is 423 g/mol. The second-order valence-electron chi connectivity index (χ2n) is 15.0. The second-order valence-corrected chi connectivity index (χ2v) is 15.0. The summed E-state index contributed by atoms with van der Waals surface area (Å²) >= 11 is 0. The summed E-state index contributed by atoms with van der Waals surface area (Å²) in [5.74, 6) is 1.60. The Morgan fingerprint density at radius 3 is 2.32 bits per heavy atom. The molecule has 5 rings (SSSR count). The molecule has 2 N–H and O–H groups in total. The van der Waals surface area contributed by atoms with Gasteiger partial charge in [0, 0.05) is 12.8 Å². The summed E-state index contributed by atoms with van der Waals surface area (Å²) in [6.45, 7) is 12.2. The van der Waals surface area contributed by atoms with E-state index in [0.29, 0.717) is 29.1 Å². The quantitative estimate of drug-likeness (QED) is 0.406. The molecule has 8 atom stereocenters. The van der Waals surface area contributed by atoms with Crippen LogP contribution in [0.25, 0.3) is 0 Å². The van der Waals surface area contributed by atoms with Crippen LogP contribution in [0, 0.1) is 45.8 Å². The standard InChI is InChI=1S/C31H51FO2/c1-21(10-13-30(33)17-14-27(2,3)15-18-30)24-8-9-25-23-7-6-22-20-31(32,34)19-16-28(22,4)26(23)11-12-29(24,25)5/h6,21,23-26,33-34H,7-20H2,1-5H3/t21-,23+,24-,25+,26+,28+,29-,31+/m1/s1. The minimum Gasteiger partial charge on any atom is -0.390 e. The summed E-state index contributed by atoms with van der Waals surface area (Å²) in [6.07, 6.45) is 16.4. The predicted molar refractivity (Wildman–Crippen MR) is 137 cm³/mol. The van der Waals surface area contributed by atoms with Gasteiger partial charge < -0.3 is 10.2 Å². The highest BCUT2D eigenvalue weighted by Crippen LogP contribution is 2.68. The Bertz CT molecular complexity index is 804. The first-order valence-electron chi connectivity index (χ1n) is 14.6. The third kappa shape index (κ3) is 4.23. The molecule has 4 fully saturated rings. The molecule has 0 aromatic heterocycles. The maximum absolute atomic E-state index is 14.4. The lowest BCUT2D eigenvalue weighted by Gasteiger charge is -2.58. The molecule has 4 saturated carbocycles. The lowest BCUT2D eigenvalue weighted by Crippen LogP contribution is -2.51. The first-order valence-corrected chi connectivity index (χ1v) is 14.6. The van der Waals surface area contributed by atoms with Crippen LogP contribution in [0.15, 0.2) is 11.6 Å². The molecule has 5 aliphatic carbocycles. The Kier molecular flexibility index (Phi) is 6.16. The summed E-state index contributed by atoms with van der Waals surface area (Å²) in [6, 6.07) is 0. The SMILES string of the molecule is C[C@H](CCC1(O)CCC(C)(C)CC1)[C@H]1CC[C@H]2[C@@H]3CC=C4C[C@](O)(F)CC[C@]4(C)[C@H]3CC[C@]12C. The van der Waals surface area contributed by atoms with E-state index < -0.39 is 11.5 Å². The second kappa shape index (κ2) is 8.30. The molecule has 34 heavy (non-hydrogen) atoms. The maximum atomic E-state index is 14.4. The number of allylic oxidation sites excluding steroid dienone is 1. The summed E-state index contributed by atoms with van der Waals surface area (Å²) < 4.78 is 14.4. The van der Waals surface area contributed by atoms with Crippen LogP contribution in [0.2, 0.25) is 0 Å². The van der Waals surface area contributed by atoms with E-state index in [9.17, 15) is 14.6 Å². The third-order valence-corrected chi connectivity index (χ3v) is 12.5. The number of hydrogen-bond acceptors (Lipinski definition) is 2. The fraction of sp³-hybridized carbons (Fsp3) is 0.935. The number of rotatable bonds is 4. The minimum absolute atomic E-state index is 0.0876. The largest absolute Gasteiger partial charge is 0.390 e. The van der Waals surface area contributed by atoms with Crippen molar-refractivity contribution in [3.63, 3.8) is 0 Å². The molecule has 0 amide bonds. The number of aliphatic hydroxyl groups is 2. The van der Waals surface area contributed by atoms with Gasteiger partial charge in [-0.25, -0.2) is 4.39 Å². The third-order valence-electron chi connectivity index (χ3n) is 12.5. The van der Waals surface area contributed by atoms with Crippen LogP contribution in [0.4, 0.5) is 4.39 Å². The van der Waals surface area contributed by atoms with Crippen molar-refractivity contribution in [3.05, 3.63) is 11.6 Å². The Labute approximate surface area is 208 Å². The Balaban J connectivity index is 1.26. The summed E-state index contributed by atoms with van der Waals surface area (Å²) in [5, 5.41) is 21.3. The van der Waals surface area contributed by atoms with Gasteiger partial charge in [0.2, 0.25) is 5.85 Å². The summed E-state index contributed by atoms with van der Waals surface area (Å²) in [4.78, 5) is 0. The number of fused-ring (bicyclic) bond motifs is 5. The molecule has 0 aliphatic heterocycles. The fourth-order valence-electron chi connectivity index (χ4n) is 9.92. The summed E-state index contributed by atoms with van der Waals surface area (Å²) in [5.41, 5.74) is 1.67. The first kappa shape index (κ1) is 25.2. The van der Waals surface area contributed by atoms with Crippen LogP contribution < -0.4 is 0 Å². The molecule has 0 saturated heterocycles. The average molecular weight is 475 g/mol. The van der Waals surface area contributed by atoms with Gasteiger partial charge in [0.25, 0.3) is 0 Å². The van der Waals surface area contributed by atoms with E-state index in [2.05, 4.69) is 40.7 Å². The monoisotopic (exact) mass is 474 g/mol. The Hall–Kier alpha value is -0.410. The van der Waals surface area contributed by atoms with Gasteiger partial charge in [0.1, 0.15) is 0 Å². The van der Waals surface area contributed by atoms with E-state index in [-0.39, 0.29) is 11.8 Å². The molecule has 0 radical (unpaired) electrons. The normalized spacial score (nSPS) is 48.3. The van der Waals surface area contributed by atoms with Crippen molar-refractivity contribution in [1.29, 1.82) is 0 Å². The van der Waals surface area contributed by atoms with E-state index in [1.165, 1.54) is 31.3 Å². The lowest BCUT2D eigenvalue weighted by atomic mass is 9.46. The molecule has 0 unspecified atom stereocenters. The minimum atomic E-state index is -1.99. The predicted octanol–water partition coefficient (Wildman–Crippen LogP) is 7.97. The van der Waals surface area contributed by atoms with Crippen molar-refractivity contribution in [2.75, 3.05) is 0 Å². The Morgan fingerprint density at radius 1 is 0.912 bits per heavy atom.